The Hall–Kier alpha value is -1.79. The first-order chi connectivity index (χ1) is 8.69. The van der Waals surface area contributed by atoms with Crippen molar-refractivity contribution in [1.82, 2.24) is 5.43 Å². The number of thioether (sulfide) groups is 1. The van der Waals surface area contributed by atoms with Gasteiger partial charge in [0.15, 0.2) is 0 Å². The van der Waals surface area contributed by atoms with Gasteiger partial charge >= 0.3 is 0 Å². The fraction of sp³-hybridized carbons (Fsp3) is 0.0833. The monoisotopic (exact) mass is 266 g/mol. The fourth-order valence-corrected chi connectivity index (χ4v) is 2.13. The second-order valence-electron chi connectivity index (χ2n) is 3.52. The molecule has 0 aliphatic rings. The molecule has 0 bridgehead atoms. The van der Waals surface area contributed by atoms with E-state index in [9.17, 15) is 9.18 Å². The van der Waals surface area contributed by atoms with Gasteiger partial charge in [-0.25, -0.2) is 10.2 Å². The maximum absolute atomic E-state index is 12.7. The zero-order chi connectivity index (χ0) is 13.0. The molecule has 18 heavy (non-hydrogen) atoms. The third kappa shape index (κ3) is 3.12. The molecule has 0 radical (unpaired) electrons. The number of nitrogen functional groups attached to an aromatic ring is 1. The largest absolute Gasteiger partial charge is 0.468 e. The summed E-state index contributed by atoms with van der Waals surface area (Å²) in [6, 6.07) is 7.81. The van der Waals surface area contributed by atoms with E-state index in [1.54, 1.807) is 18.2 Å². The van der Waals surface area contributed by atoms with Crippen LogP contribution < -0.4 is 11.3 Å². The van der Waals surface area contributed by atoms with Crippen LogP contribution >= 0.6 is 11.8 Å². The molecule has 1 aromatic carbocycles. The van der Waals surface area contributed by atoms with E-state index in [0.29, 0.717) is 17.1 Å². The first kappa shape index (κ1) is 12.7. The average molecular weight is 266 g/mol. The van der Waals surface area contributed by atoms with Crippen LogP contribution in [0.4, 0.5) is 4.39 Å². The van der Waals surface area contributed by atoms with Gasteiger partial charge in [-0.1, -0.05) is 0 Å². The van der Waals surface area contributed by atoms with E-state index in [4.69, 9.17) is 10.3 Å². The minimum Gasteiger partial charge on any atom is -0.468 e. The Balaban J connectivity index is 1.96. The summed E-state index contributed by atoms with van der Waals surface area (Å²) < 4.78 is 17.9. The summed E-state index contributed by atoms with van der Waals surface area (Å²) in [4.78, 5) is 12.1. The van der Waals surface area contributed by atoms with Crippen molar-refractivity contribution in [2.24, 2.45) is 5.84 Å². The number of carbonyl (C=O) groups excluding carboxylic acids is 1. The maximum atomic E-state index is 12.7. The Labute approximate surface area is 107 Å². The molecule has 0 aliphatic heterocycles. The molecule has 0 saturated carbocycles. The van der Waals surface area contributed by atoms with Gasteiger partial charge in [0.25, 0.3) is 5.91 Å². The van der Waals surface area contributed by atoms with Crippen molar-refractivity contribution < 1.29 is 13.6 Å². The van der Waals surface area contributed by atoms with Crippen LogP contribution in [-0.4, -0.2) is 5.91 Å². The Morgan fingerprint density at radius 2 is 2.11 bits per heavy atom. The third-order valence-electron chi connectivity index (χ3n) is 2.24. The second kappa shape index (κ2) is 5.70. The van der Waals surface area contributed by atoms with Crippen molar-refractivity contribution in [1.29, 1.82) is 0 Å². The molecule has 6 heteroatoms. The summed E-state index contributed by atoms with van der Waals surface area (Å²) in [7, 11) is 0. The molecule has 3 N–H and O–H groups in total. The summed E-state index contributed by atoms with van der Waals surface area (Å²) in [5.41, 5.74) is 2.41. The minimum atomic E-state index is -0.392. The lowest BCUT2D eigenvalue weighted by Gasteiger charge is -1.98. The number of amides is 1. The van der Waals surface area contributed by atoms with Crippen LogP contribution in [0, 0.1) is 5.82 Å². The summed E-state index contributed by atoms with van der Waals surface area (Å²) in [5.74, 6) is 5.57. The number of hydrogen-bond donors (Lipinski definition) is 2. The number of nitrogens with one attached hydrogen (secondary N) is 1. The first-order valence-corrected chi connectivity index (χ1v) is 6.14. The molecule has 2 aromatic rings. The van der Waals surface area contributed by atoms with Gasteiger partial charge in [-0.2, -0.15) is 0 Å². The number of nitrogens with two attached hydrogens (primary N) is 1. The van der Waals surface area contributed by atoms with Crippen LogP contribution in [0.2, 0.25) is 0 Å². The average Bonchev–Trinajstić information content (AvgIpc) is 2.86. The van der Waals surface area contributed by atoms with Gasteiger partial charge in [-0.05, 0) is 30.3 Å². The molecule has 0 spiro atoms. The topological polar surface area (TPSA) is 68.3 Å². The normalized spacial score (nSPS) is 10.3. The van der Waals surface area contributed by atoms with Gasteiger partial charge in [0, 0.05) is 4.90 Å². The van der Waals surface area contributed by atoms with E-state index in [-0.39, 0.29) is 5.82 Å². The van der Waals surface area contributed by atoms with Crippen LogP contribution in [-0.2, 0) is 5.75 Å². The highest BCUT2D eigenvalue weighted by molar-refractivity contribution is 7.98. The molecular formula is C12H11FN2O2S. The second-order valence-corrected chi connectivity index (χ2v) is 4.57. The summed E-state index contributed by atoms with van der Waals surface area (Å²) >= 11 is 1.49. The van der Waals surface area contributed by atoms with Gasteiger partial charge in [-0.3, -0.25) is 10.2 Å². The number of benzene rings is 1. The Morgan fingerprint density at radius 3 is 2.78 bits per heavy atom. The van der Waals surface area contributed by atoms with E-state index >= 15 is 0 Å². The zero-order valence-electron chi connectivity index (χ0n) is 9.35. The van der Waals surface area contributed by atoms with E-state index in [1.165, 1.54) is 30.2 Å². The summed E-state index contributed by atoms with van der Waals surface area (Å²) in [6.07, 6.45) is 1.35. The molecule has 0 atom stereocenters. The number of hydrogen-bond acceptors (Lipinski definition) is 4. The zero-order valence-corrected chi connectivity index (χ0v) is 10.2. The van der Waals surface area contributed by atoms with Crippen LogP contribution in [0.15, 0.2) is 45.9 Å². The van der Waals surface area contributed by atoms with E-state index in [1.807, 2.05) is 5.43 Å². The quantitative estimate of drug-likeness (QED) is 0.385. The molecule has 1 aromatic heterocycles. The highest BCUT2D eigenvalue weighted by atomic mass is 32.2. The minimum absolute atomic E-state index is 0.265. The number of carbonyl (C=O) groups is 1. The maximum Gasteiger partial charge on any atom is 0.268 e. The number of furan rings is 1. The molecule has 94 valence electrons. The van der Waals surface area contributed by atoms with Crippen molar-refractivity contribution in [3.05, 3.63) is 53.7 Å². The lowest BCUT2D eigenvalue weighted by Crippen LogP contribution is -2.29. The lowest BCUT2D eigenvalue weighted by atomic mass is 10.3. The first-order valence-electron chi connectivity index (χ1n) is 5.16. The van der Waals surface area contributed by atoms with Crippen molar-refractivity contribution in [2.75, 3.05) is 0 Å². The lowest BCUT2D eigenvalue weighted by molar-refractivity contribution is 0.0953. The van der Waals surface area contributed by atoms with Crippen LogP contribution in [0.25, 0.3) is 0 Å². The van der Waals surface area contributed by atoms with Gasteiger partial charge in [0.05, 0.1) is 11.3 Å². The van der Waals surface area contributed by atoms with Crippen molar-refractivity contribution in [3.8, 4) is 0 Å². The van der Waals surface area contributed by atoms with Gasteiger partial charge < -0.3 is 4.42 Å². The van der Waals surface area contributed by atoms with Crippen molar-refractivity contribution in [2.45, 2.75) is 10.6 Å². The highest BCUT2D eigenvalue weighted by Crippen LogP contribution is 2.23. The molecule has 1 amide bonds. The van der Waals surface area contributed by atoms with E-state index in [2.05, 4.69) is 0 Å². The Kier molecular flexibility index (Phi) is 4.01. The van der Waals surface area contributed by atoms with Crippen LogP contribution in [0.3, 0.4) is 0 Å². The molecule has 2 rings (SSSR count). The predicted molar refractivity (Wildman–Crippen MR) is 66.3 cm³/mol. The third-order valence-corrected chi connectivity index (χ3v) is 3.28. The number of hydrazine groups is 1. The predicted octanol–water partition coefficient (Wildman–Crippen LogP) is 2.31. The smallest absolute Gasteiger partial charge is 0.268 e. The fourth-order valence-electron chi connectivity index (χ4n) is 1.34. The van der Waals surface area contributed by atoms with Gasteiger partial charge in [-0.15, -0.1) is 11.8 Å². The van der Waals surface area contributed by atoms with E-state index < -0.39 is 5.91 Å². The molecule has 4 nitrogen and oxygen atoms in total. The molecule has 0 fully saturated rings. The SMILES string of the molecule is NNC(=O)c1coc(CSc2ccc(F)cc2)c1. The summed E-state index contributed by atoms with van der Waals surface area (Å²) in [6.45, 7) is 0. The molecule has 0 unspecified atom stereocenters. The van der Waals surface area contributed by atoms with Crippen LogP contribution in [0.5, 0.6) is 0 Å². The number of rotatable bonds is 4. The molecule has 1 heterocycles. The standard InChI is InChI=1S/C12H11FN2O2S/c13-9-1-3-11(4-2-9)18-7-10-5-8(6-17-10)12(16)15-14/h1-6H,7,14H2,(H,15,16). The van der Waals surface area contributed by atoms with Gasteiger partial charge in [0.2, 0.25) is 0 Å². The molecule has 0 saturated heterocycles. The molecular weight excluding hydrogens is 255 g/mol. The van der Waals surface area contributed by atoms with E-state index in [0.717, 1.165) is 4.90 Å². The Bertz CT molecular complexity index is 539. The summed E-state index contributed by atoms with van der Waals surface area (Å²) in [5, 5.41) is 0. The van der Waals surface area contributed by atoms with Gasteiger partial charge in [0.1, 0.15) is 17.8 Å². The molecule has 0 aliphatic carbocycles. The number of halogens is 1. The Morgan fingerprint density at radius 1 is 1.39 bits per heavy atom. The van der Waals surface area contributed by atoms with Crippen molar-refractivity contribution in [3.63, 3.8) is 0 Å². The van der Waals surface area contributed by atoms with Crippen LogP contribution in [0.1, 0.15) is 16.1 Å². The van der Waals surface area contributed by atoms with Crippen molar-refractivity contribution >= 4 is 17.7 Å². The highest BCUT2D eigenvalue weighted by Gasteiger charge is 2.08.